The molecule has 1 unspecified atom stereocenters. The van der Waals surface area contributed by atoms with Gasteiger partial charge in [0.05, 0.1) is 6.42 Å². The molecule has 17 heavy (non-hydrogen) atoms. The number of amides is 3. The molecule has 2 N–H and O–H groups in total. The third-order valence-corrected chi connectivity index (χ3v) is 3.64. The average molecular weight is 295 g/mol. The summed E-state index contributed by atoms with van der Waals surface area (Å²) >= 11 is 3.29. The Morgan fingerprint density at radius 1 is 1.12 bits per heavy atom. The van der Waals surface area contributed by atoms with Gasteiger partial charge in [0.15, 0.2) is 5.41 Å². The van der Waals surface area contributed by atoms with Crippen LogP contribution < -0.4 is 10.6 Å². The van der Waals surface area contributed by atoms with Crippen LogP contribution in [-0.2, 0) is 19.8 Å². The summed E-state index contributed by atoms with van der Waals surface area (Å²) in [6.45, 7) is 0. The number of nitrogens with one attached hydrogen (secondary N) is 2. The van der Waals surface area contributed by atoms with E-state index in [0.29, 0.717) is 11.3 Å². The van der Waals surface area contributed by atoms with E-state index >= 15 is 0 Å². The minimum absolute atomic E-state index is 0.124. The Hall–Kier alpha value is -1.69. The predicted molar refractivity (Wildman–Crippen MR) is 62.2 cm³/mol. The van der Waals surface area contributed by atoms with E-state index in [9.17, 15) is 14.4 Å². The number of halogens is 1. The first-order valence-corrected chi connectivity index (χ1v) is 5.79. The van der Waals surface area contributed by atoms with Gasteiger partial charge in [-0.05, 0) is 18.2 Å². The number of fused-ring (bicyclic) bond motifs is 2. The molecule has 3 rings (SSSR count). The third-order valence-electron chi connectivity index (χ3n) is 3.14. The van der Waals surface area contributed by atoms with Crippen molar-refractivity contribution in [3.8, 4) is 0 Å². The van der Waals surface area contributed by atoms with E-state index in [0.717, 1.165) is 4.47 Å². The summed E-state index contributed by atoms with van der Waals surface area (Å²) in [6, 6.07) is 5.18. The lowest BCUT2D eigenvalue weighted by Crippen LogP contribution is -2.41. The van der Waals surface area contributed by atoms with E-state index in [2.05, 4.69) is 26.6 Å². The quantitative estimate of drug-likeness (QED) is 0.546. The van der Waals surface area contributed by atoms with Crippen LogP contribution >= 0.6 is 15.9 Å². The zero-order valence-corrected chi connectivity index (χ0v) is 10.1. The van der Waals surface area contributed by atoms with Crippen molar-refractivity contribution in [3.05, 3.63) is 28.2 Å². The Kier molecular flexibility index (Phi) is 1.95. The van der Waals surface area contributed by atoms with Gasteiger partial charge in [-0.15, -0.1) is 0 Å². The molecular formula is C11H7BrN2O3. The maximum atomic E-state index is 12.0. The highest BCUT2D eigenvalue weighted by molar-refractivity contribution is 9.10. The van der Waals surface area contributed by atoms with Gasteiger partial charge in [0.2, 0.25) is 17.7 Å². The molecule has 0 aromatic heterocycles. The topological polar surface area (TPSA) is 75.3 Å². The highest BCUT2D eigenvalue weighted by atomic mass is 79.9. The summed E-state index contributed by atoms with van der Waals surface area (Å²) < 4.78 is 0.763. The number of anilines is 1. The van der Waals surface area contributed by atoms with Crippen molar-refractivity contribution in [3.63, 3.8) is 0 Å². The van der Waals surface area contributed by atoms with E-state index < -0.39 is 23.1 Å². The largest absolute Gasteiger partial charge is 0.325 e. The van der Waals surface area contributed by atoms with Crippen LogP contribution in [0.25, 0.3) is 0 Å². The number of benzene rings is 1. The number of hydrogen-bond acceptors (Lipinski definition) is 3. The van der Waals surface area contributed by atoms with Gasteiger partial charge in [0, 0.05) is 15.7 Å². The van der Waals surface area contributed by atoms with E-state index in [1.165, 1.54) is 0 Å². The van der Waals surface area contributed by atoms with Crippen molar-refractivity contribution in [2.45, 2.75) is 11.8 Å². The first-order valence-electron chi connectivity index (χ1n) is 5.00. The molecule has 2 aliphatic heterocycles. The molecule has 0 bridgehead atoms. The molecule has 1 spiro atoms. The fourth-order valence-corrected chi connectivity index (χ4v) is 2.69. The standard InChI is InChI=1S/C11H7BrN2O3/c12-5-1-2-7-6(3-5)11(9(16)13-7)4-8(15)14-10(11)17/h1-3H,4H2,(H,13,16)(H,14,15,17). The summed E-state index contributed by atoms with van der Waals surface area (Å²) in [5.41, 5.74) is -0.237. The molecule has 0 radical (unpaired) electrons. The van der Waals surface area contributed by atoms with Gasteiger partial charge in [-0.25, -0.2) is 0 Å². The van der Waals surface area contributed by atoms with Gasteiger partial charge in [0.25, 0.3) is 0 Å². The van der Waals surface area contributed by atoms with E-state index in [1.807, 2.05) is 0 Å². The van der Waals surface area contributed by atoms with Gasteiger partial charge < -0.3 is 5.32 Å². The lowest BCUT2D eigenvalue weighted by Gasteiger charge is -2.16. The molecule has 0 aliphatic carbocycles. The predicted octanol–water partition coefficient (Wildman–Crippen LogP) is 0.685. The zero-order valence-electron chi connectivity index (χ0n) is 8.54. The van der Waals surface area contributed by atoms with Gasteiger partial charge in [0.1, 0.15) is 0 Å². The van der Waals surface area contributed by atoms with Crippen molar-refractivity contribution in [2.24, 2.45) is 0 Å². The van der Waals surface area contributed by atoms with Crippen LogP contribution in [0, 0.1) is 0 Å². The fourth-order valence-electron chi connectivity index (χ4n) is 2.33. The second-order valence-corrected chi connectivity index (χ2v) is 5.02. The summed E-state index contributed by atoms with van der Waals surface area (Å²) in [4.78, 5) is 35.2. The van der Waals surface area contributed by atoms with E-state index in [4.69, 9.17) is 0 Å². The fraction of sp³-hybridized carbons (Fsp3) is 0.182. The van der Waals surface area contributed by atoms with Crippen molar-refractivity contribution >= 4 is 39.3 Å². The van der Waals surface area contributed by atoms with Crippen molar-refractivity contribution in [1.82, 2.24) is 5.32 Å². The normalized spacial score (nSPS) is 26.1. The Morgan fingerprint density at radius 2 is 1.82 bits per heavy atom. The molecule has 0 saturated carbocycles. The molecule has 5 nitrogen and oxygen atoms in total. The number of rotatable bonds is 0. The van der Waals surface area contributed by atoms with Crippen LogP contribution in [0.2, 0.25) is 0 Å². The van der Waals surface area contributed by atoms with Gasteiger partial charge >= 0.3 is 0 Å². The molecule has 6 heteroatoms. The summed E-state index contributed by atoms with van der Waals surface area (Å²) in [5.74, 6) is -1.40. The Morgan fingerprint density at radius 3 is 2.47 bits per heavy atom. The maximum absolute atomic E-state index is 12.0. The minimum atomic E-state index is -1.38. The van der Waals surface area contributed by atoms with Gasteiger partial charge in [-0.2, -0.15) is 0 Å². The van der Waals surface area contributed by atoms with Crippen LogP contribution in [0.3, 0.4) is 0 Å². The number of imide groups is 1. The Balaban J connectivity index is 2.26. The summed E-state index contributed by atoms with van der Waals surface area (Å²) in [7, 11) is 0. The third kappa shape index (κ3) is 1.21. The van der Waals surface area contributed by atoms with Crippen LogP contribution in [0.4, 0.5) is 5.69 Å². The highest BCUT2D eigenvalue weighted by Gasteiger charge is 2.58. The molecule has 1 fully saturated rings. The second kappa shape index (κ2) is 3.16. The lowest BCUT2D eigenvalue weighted by molar-refractivity contribution is -0.131. The number of carbonyl (C=O) groups is 3. The first-order chi connectivity index (χ1) is 8.04. The number of carbonyl (C=O) groups excluding carboxylic acids is 3. The van der Waals surface area contributed by atoms with Crippen molar-refractivity contribution < 1.29 is 14.4 Å². The minimum Gasteiger partial charge on any atom is -0.325 e. The maximum Gasteiger partial charge on any atom is 0.247 e. The van der Waals surface area contributed by atoms with Crippen LogP contribution in [0.15, 0.2) is 22.7 Å². The zero-order chi connectivity index (χ0) is 12.2. The molecular weight excluding hydrogens is 288 g/mol. The van der Waals surface area contributed by atoms with E-state index in [1.54, 1.807) is 18.2 Å². The molecule has 1 aromatic rings. The molecule has 1 aromatic carbocycles. The first kappa shape index (κ1) is 10.5. The number of hydrogen-bond donors (Lipinski definition) is 2. The lowest BCUT2D eigenvalue weighted by atomic mass is 9.80. The smallest absolute Gasteiger partial charge is 0.247 e. The van der Waals surface area contributed by atoms with Gasteiger partial charge in [-0.3, -0.25) is 19.7 Å². The average Bonchev–Trinajstić information content (AvgIpc) is 2.70. The monoisotopic (exact) mass is 294 g/mol. The molecule has 2 heterocycles. The van der Waals surface area contributed by atoms with Crippen LogP contribution in [0.1, 0.15) is 12.0 Å². The SMILES string of the molecule is O=C1CC2(C(=O)N1)C(=O)Nc1ccc(Br)cc12. The Labute approximate surface area is 105 Å². The highest BCUT2D eigenvalue weighted by Crippen LogP contribution is 2.43. The molecule has 1 atom stereocenters. The molecule has 2 aliphatic rings. The molecule has 1 saturated heterocycles. The van der Waals surface area contributed by atoms with Gasteiger partial charge in [-0.1, -0.05) is 15.9 Å². The summed E-state index contributed by atoms with van der Waals surface area (Å²) in [6.07, 6.45) is -0.124. The Bertz CT molecular complexity index is 584. The second-order valence-electron chi connectivity index (χ2n) is 4.10. The van der Waals surface area contributed by atoms with E-state index in [-0.39, 0.29) is 6.42 Å². The van der Waals surface area contributed by atoms with Crippen molar-refractivity contribution in [1.29, 1.82) is 0 Å². The van der Waals surface area contributed by atoms with Crippen LogP contribution in [-0.4, -0.2) is 17.7 Å². The summed E-state index contributed by atoms with van der Waals surface area (Å²) in [5, 5.41) is 4.82. The molecule has 86 valence electrons. The van der Waals surface area contributed by atoms with Crippen molar-refractivity contribution in [2.75, 3.05) is 5.32 Å². The molecule has 3 amide bonds. The van der Waals surface area contributed by atoms with Crippen LogP contribution in [0.5, 0.6) is 0 Å².